The molecule has 33 heavy (non-hydrogen) atoms. The minimum Gasteiger partial charge on any atom is -0.493 e. The summed E-state index contributed by atoms with van der Waals surface area (Å²) in [6.45, 7) is 7.02. The predicted molar refractivity (Wildman–Crippen MR) is 124 cm³/mol. The fraction of sp³-hybridized carbons (Fsp3) is 0.296. The van der Waals surface area contributed by atoms with Crippen LogP contribution in [0.4, 0.5) is 0 Å². The molecule has 4 rings (SSSR count). The van der Waals surface area contributed by atoms with Crippen molar-refractivity contribution in [1.82, 2.24) is 4.98 Å². The number of carbonyl (C=O) groups excluding carboxylic acids is 1. The maximum absolute atomic E-state index is 12.1. The van der Waals surface area contributed by atoms with Crippen molar-refractivity contribution in [2.45, 2.75) is 33.6 Å². The number of benzene rings is 2. The van der Waals surface area contributed by atoms with Gasteiger partial charge in [0.1, 0.15) is 17.2 Å². The molecule has 2 heterocycles. The molecule has 0 fully saturated rings. The van der Waals surface area contributed by atoms with Crippen LogP contribution in [0.1, 0.15) is 52.9 Å². The van der Waals surface area contributed by atoms with Crippen LogP contribution in [0.15, 0.2) is 48.7 Å². The molecule has 0 amide bonds. The molecule has 2 aromatic carbocycles. The van der Waals surface area contributed by atoms with Gasteiger partial charge in [-0.1, -0.05) is 19.9 Å². The Kier molecular flexibility index (Phi) is 6.60. The summed E-state index contributed by atoms with van der Waals surface area (Å²) >= 11 is 0. The van der Waals surface area contributed by atoms with Gasteiger partial charge in [-0.3, -0.25) is 4.79 Å². The third kappa shape index (κ3) is 5.15. The van der Waals surface area contributed by atoms with E-state index in [9.17, 15) is 10.1 Å². The van der Waals surface area contributed by atoms with Crippen LogP contribution >= 0.6 is 0 Å². The van der Waals surface area contributed by atoms with Crippen molar-refractivity contribution < 1.29 is 19.0 Å². The normalized spacial score (nSPS) is 12.6. The van der Waals surface area contributed by atoms with Crippen molar-refractivity contribution in [3.8, 4) is 29.2 Å². The molecule has 0 N–H and O–H groups in total. The first-order chi connectivity index (χ1) is 15.9. The zero-order valence-corrected chi connectivity index (χ0v) is 19.1. The Bertz CT molecular complexity index is 1230. The quantitative estimate of drug-likeness (QED) is 0.471. The van der Waals surface area contributed by atoms with Gasteiger partial charge in [-0.05, 0) is 54.3 Å². The molecule has 0 unspecified atom stereocenters. The maximum Gasteiger partial charge on any atom is 0.219 e. The molecular weight excluding hydrogens is 416 g/mol. The smallest absolute Gasteiger partial charge is 0.219 e. The molecule has 0 saturated heterocycles. The maximum atomic E-state index is 12.1. The summed E-state index contributed by atoms with van der Waals surface area (Å²) in [6.07, 6.45) is 2.71. The van der Waals surface area contributed by atoms with Gasteiger partial charge >= 0.3 is 0 Å². The largest absolute Gasteiger partial charge is 0.493 e. The molecule has 168 valence electrons. The summed E-state index contributed by atoms with van der Waals surface area (Å²) in [5.41, 5.74) is 3.94. The molecule has 0 bridgehead atoms. The van der Waals surface area contributed by atoms with Gasteiger partial charge in [0.05, 0.1) is 30.4 Å². The molecular formula is C27H26N2O4. The van der Waals surface area contributed by atoms with Gasteiger partial charge in [-0.15, -0.1) is 0 Å². The van der Waals surface area contributed by atoms with Crippen molar-refractivity contribution >= 4 is 5.78 Å². The first-order valence-corrected chi connectivity index (χ1v) is 11.0. The van der Waals surface area contributed by atoms with Crippen LogP contribution in [0.25, 0.3) is 0 Å². The Morgan fingerprint density at radius 3 is 2.79 bits per heavy atom. The summed E-state index contributed by atoms with van der Waals surface area (Å²) in [5, 5.41) is 9.25. The molecule has 0 spiro atoms. The Balaban J connectivity index is 1.56. The lowest BCUT2D eigenvalue weighted by molar-refractivity contribution is 0.0932. The highest BCUT2D eigenvalue weighted by molar-refractivity contribution is 6.00. The van der Waals surface area contributed by atoms with Gasteiger partial charge in [-0.25, -0.2) is 4.98 Å². The summed E-state index contributed by atoms with van der Waals surface area (Å²) in [6, 6.07) is 15.0. The Morgan fingerprint density at radius 2 is 2.00 bits per heavy atom. The van der Waals surface area contributed by atoms with Crippen molar-refractivity contribution in [2.75, 3.05) is 13.2 Å². The van der Waals surface area contributed by atoms with E-state index in [1.54, 1.807) is 30.5 Å². The van der Waals surface area contributed by atoms with E-state index in [-0.39, 0.29) is 5.78 Å². The fourth-order valence-corrected chi connectivity index (χ4v) is 3.68. The second kappa shape index (κ2) is 9.74. The molecule has 1 aliphatic heterocycles. The zero-order chi connectivity index (χ0) is 23.4. The molecule has 6 nitrogen and oxygen atoms in total. The summed E-state index contributed by atoms with van der Waals surface area (Å²) < 4.78 is 17.8. The number of aromatic nitrogens is 1. The number of rotatable bonds is 7. The van der Waals surface area contributed by atoms with E-state index in [2.05, 4.69) is 24.9 Å². The van der Waals surface area contributed by atoms with E-state index in [0.29, 0.717) is 60.5 Å². The van der Waals surface area contributed by atoms with Crippen LogP contribution < -0.4 is 14.2 Å². The second-order valence-corrected chi connectivity index (χ2v) is 8.51. The highest BCUT2D eigenvalue weighted by Crippen LogP contribution is 2.36. The van der Waals surface area contributed by atoms with E-state index in [4.69, 9.17) is 14.2 Å². The average Bonchev–Trinajstić information content (AvgIpc) is 2.81. The lowest BCUT2D eigenvalue weighted by atomic mass is 10.0. The van der Waals surface area contributed by atoms with Crippen LogP contribution in [0.2, 0.25) is 0 Å². The Morgan fingerprint density at radius 1 is 1.15 bits per heavy atom. The average molecular weight is 443 g/mol. The van der Waals surface area contributed by atoms with E-state index < -0.39 is 0 Å². The molecule has 0 atom stereocenters. The first kappa shape index (κ1) is 22.3. The summed E-state index contributed by atoms with van der Waals surface area (Å²) in [7, 11) is 0. The minimum atomic E-state index is 0.0870. The molecule has 3 aromatic rings. The van der Waals surface area contributed by atoms with Gasteiger partial charge < -0.3 is 14.2 Å². The van der Waals surface area contributed by atoms with Gasteiger partial charge in [0.2, 0.25) is 5.88 Å². The third-order valence-electron chi connectivity index (χ3n) is 5.41. The topological polar surface area (TPSA) is 81.4 Å². The molecule has 1 aromatic heterocycles. The van der Waals surface area contributed by atoms with Gasteiger partial charge in [0.25, 0.3) is 0 Å². The molecule has 0 saturated carbocycles. The van der Waals surface area contributed by atoms with Crippen LogP contribution in [0, 0.1) is 24.2 Å². The van der Waals surface area contributed by atoms with Crippen LogP contribution in [0.3, 0.4) is 0 Å². The monoisotopic (exact) mass is 442 g/mol. The number of ketones is 1. The Labute approximate surface area is 193 Å². The van der Waals surface area contributed by atoms with Crippen molar-refractivity contribution in [3.05, 3.63) is 76.5 Å². The first-order valence-electron chi connectivity index (χ1n) is 11.0. The third-order valence-corrected chi connectivity index (χ3v) is 5.41. The van der Waals surface area contributed by atoms with Gasteiger partial charge in [-0.2, -0.15) is 5.26 Å². The second-order valence-electron chi connectivity index (χ2n) is 8.51. The van der Waals surface area contributed by atoms with Crippen LogP contribution in [0.5, 0.6) is 23.1 Å². The number of nitriles is 1. The van der Waals surface area contributed by atoms with E-state index >= 15 is 0 Å². The number of ether oxygens (including phenoxy) is 3. The lowest BCUT2D eigenvalue weighted by Gasteiger charge is -2.20. The van der Waals surface area contributed by atoms with E-state index in [1.165, 1.54) is 0 Å². The molecule has 6 heteroatoms. The SMILES string of the molecule is Cc1c(Oc2cc(Cc3ccc(C#N)cc3OCC(C)C)ccn2)ccc2c1OCCC2=O. The lowest BCUT2D eigenvalue weighted by Crippen LogP contribution is -2.16. The van der Waals surface area contributed by atoms with Crippen molar-refractivity contribution in [1.29, 1.82) is 5.26 Å². The number of fused-ring (bicyclic) bond motifs is 1. The van der Waals surface area contributed by atoms with E-state index in [0.717, 1.165) is 22.4 Å². The Hall–Kier alpha value is -3.85. The number of pyridine rings is 1. The van der Waals surface area contributed by atoms with Gasteiger partial charge in [0, 0.05) is 30.7 Å². The number of hydrogen-bond donors (Lipinski definition) is 0. The number of Topliss-reactive ketones (excluding diaryl/α,β-unsaturated/α-hetero) is 1. The summed E-state index contributed by atoms with van der Waals surface area (Å²) in [5.74, 6) is 2.83. The van der Waals surface area contributed by atoms with Crippen LogP contribution in [-0.4, -0.2) is 24.0 Å². The van der Waals surface area contributed by atoms with Gasteiger partial charge in [0.15, 0.2) is 5.78 Å². The van der Waals surface area contributed by atoms with Crippen LogP contribution in [-0.2, 0) is 6.42 Å². The summed E-state index contributed by atoms with van der Waals surface area (Å²) in [4.78, 5) is 16.5. The standard InChI is InChI=1S/C27H26N2O4/c1-17(2)16-32-25-13-20(15-28)4-5-21(25)12-19-8-10-29-26(14-19)33-24-7-6-22-23(30)9-11-31-27(22)18(24)3/h4-8,10,13-14,17H,9,11-12,16H2,1-3H3. The van der Waals surface area contributed by atoms with Crippen molar-refractivity contribution in [2.24, 2.45) is 5.92 Å². The molecule has 0 aliphatic carbocycles. The number of nitrogens with zero attached hydrogens (tertiary/aromatic N) is 2. The highest BCUT2D eigenvalue weighted by atomic mass is 16.5. The van der Waals surface area contributed by atoms with E-state index in [1.807, 2.05) is 25.1 Å². The van der Waals surface area contributed by atoms with Crippen molar-refractivity contribution in [3.63, 3.8) is 0 Å². The molecule has 0 radical (unpaired) electrons. The fourth-order valence-electron chi connectivity index (χ4n) is 3.68. The zero-order valence-electron chi connectivity index (χ0n) is 19.1. The minimum absolute atomic E-state index is 0.0870. The predicted octanol–water partition coefficient (Wildman–Crippen LogP) is 5.64. The number of hydrogen-bond acceptors (Lipinski definition) is 6. The number of carbonyl (C=O) groups is 1. The molecule has 1 aliphatic rings. The highest BCUT2D eigenvalue weighted by Gasteiger charge is 2.22.